The van der Waals surface area contributed by atoms with Gasteiger partial charge in [-0.05, 0) is 0 Å². The average molecular weight is 260 g/mol. The Morgan fingerprint density at radius 1 is 1.00 bits per heavy atom. The molecule has 0 aliphatic rings. The Morgan fingerprint density at radius 2 is 1.11 bits per heavy atom. The summed E-state index contributed by atoms with van der Waals surface area (Å²) in [6, 6.07) is 0. The van der Waals surface area contributed by atoms with Gasteiger partial charge in [-0.2, -0.15) is 0 Å². The van der Waals surface area contributed by atoms with Crippen LogP contribution in [0.15, 0.2) is 0 Å². The molecule has 0 aliphatic carbocycles. The first-order valence-electron chi connectivity index (χ1n) is 1.11. The monoisotopic (exact) mass is 259 g/mol. The van der Waals surface area contributed by atoms with Crippen molar-refractivity contribution >= 4 is 11.9 Å². The second kappa shape index (κ2) is 11.3. The van der Waals surface area contributed by atoms with Crippen molar-refractivity contribution < 1.29 is 70.4 Å². The van der Waals surface area contributed by atoms with Crippen LogP contribution in [0.5, 0.6) is 0 Å². The van der Waals surface area contributed by atoms with Crippen LogP contribution in [-0.2, 0) is 60.2 Å². The van der Waals surface area contributed by atoms with Crippen molar-refractivity contribution in [3.8, 4) is 0 Å². The maximum absolute atomic E-state index is 9.10. The Morgan fingerprint density at radius 3 is 1.11 bits per heavy atom. The molecule has 0 aromatic heterocycles. The van der Waals surface area contributed by atoms with Gasteiger partial charge in [0.25, 0.3) is 0 Å². The summed E-state index contributed by atoms with van der Waals surface area (Å²) in [7, 11) is 0. The molecule has 0 amide bonds. The number of carboxylic acids is 2. The van der Waals surface area contributed by atoms with E-state index in [9.17, 15) is 0 Å². The van der Waals surface area contributed by atoms with Crippen LogP contribution in [0.25, 0.3) is 0 Å². The summed E-state index contributed by atoms with van der Waals surface area (Å²) in [6.07, 6.45) is 0. The molecule has 0 heterocycles. The predicted octanol–water partition coefficient (Wildman–Crippen LogP) is -0.852. The van der Waals surface area contributed by atoms with E-state index in [1.54, 1.807) is 0 Å². The molecule has 0 spiro atoms. The zero-order valence-corrected chi connectivity index (χ0v) is 7.03. The van der Waals surface area contributed by atoms with Crippen LogP contribution < -0.4 is 0 Å². The molecule has 0 rings (SSSR count). The third kappa shape index (κ3) is 17.7. The smallest absolute Gasteiger partial charge is 0.414 e. The summed E-state index contributed by atoms with van der Waals surface area (Å²) in [4.78, 5) is 18.2. The van der Waals surface area contributed by atoms with E-state index in [0.717, 1.165) is 0 Å². The van der Waals surface area contributed by atoms with Gasteiger partial charge < -0.3 is 10.2 Å². The minimum atomic E-state index is -1.82. The molecule has 4 nitrogen and oxygen atoms in total. The topological polar surface area (TPSA) is 74.6 Å². The third-order valence-electron chi connectivity index (χ3n) is 0.183. The van der Waals surface area contributed by atoms with Crippen LogP contribution in [0.4, 0.5) is 0 Å². The number of hydrogen-bond acceptors (Lipinski definition) is 2. The number of hydrogen-bond donors (Lipinski definition) is 2. The zero-order valence-electron chi connectivity index (χ0n) is 3.76. The summed E-state index contributed by atoms with van der Waals surface area (Å²) < 4.78 is 0. The molecule has 0 fully saturated rings. The Bertz CT molecular complexity index is 84.6. The van der Waals surface area contributed by atoms with Crippen LogP contribution in [0.1, 0.15) is 0 Å². The van der Waals surface area contributed by atoms with Crippen molar-refractivity contribution in [1.82, 2.24) is 0 Å². The van der Waals surface area contributed by atoms with Gasteiger partial charge in [0.15, 0.2) is 0 Å². The Hall–Kier alpha value is 0.472. The molecule has 0 saturated carbocycles. The fraction of sp³-hybridized carbons (Fsp3) is 0. The first-order valence-corrected chi connectivity index (χ1v) is 1.11. The summed E-state index contributed by atoms with van der Waals surface area (Å²) in [6.45, 7) is 0. The van der Waals surface area contributed by atoms with Gasteiger partial charge in [-0.3, -0.25) is 0 Å². The van der Waals surface area contributed by atoms with E-state index in [2.05, 4.69) is 0 Å². The van der Waals surface area contributed by atoms with E-state index in [-0.39, 0.29) is 50.6 Å². The van der Waals surface area contributed by atoms with Crippen LogP contribution in [0.3, 0.4) is 0 Å². The first kappa shape index (κ1) is 22.7. The van der Waals surface area contributed by atoms with E-state index < -0.39 is 11.9 Å². The number of rotatable bonds is 0. The van der Waals surface area contributed by atoms with Crippen molar-refractivity contribution in [2.24, 2.45) is 0 Å². The minimum absolute atomic E-state index is 0. The molecule has 0 bridgehead atoms. The predicted molar refractivity (Wildman–Crippen MR) is 15.3 cm³/mol. The molecular formula is C2H2FeMnNiO4. The van der Waals surface area contributed by atoms with Crippen LogP contribution in [0, 0.1) is 0 Å². The largest absolute Gasteiger partial charge is 0.473 e. The molecule has 0 aliphatic heterocycles. The summed E-state index contributed by atoms with van der Waals surface area (Å²) >= 11 is 0. The third-order valence-corrected chi connectivity index (χ3v) is 0.183. The minimum Gasteiger partial charge on any atom is -0.473 e. The fourth-order valence-corrected chi connectivity index (χ4v) is 0. The zero-order chi connectivity index (χ0) is 5.15. The molecule has 0 unspecified atom stereocenters. The standard InChI is InChI=1S/C2H2O4.Fe.Mn.Ni/c3-1(4)2(5)6;;;/h(H,3,4)(H,5,6);;;. The van der Waals surface area contributed by atoms with E-state index in [4.69, 9.17) is 19.8 Å². The molecule has 7 heteroatoms. The van der Waals surface area contributed by atoms with Gasteiger partial charge in [0, 0.05) is 50.6 Å². The van der Waals surface area contributed by atoms with E-state index in [1.165, 1.54) is 0 Å². The molecule has 0 saturated heterocycles. The number of carbonyl (C=O) groups is 2. The molecule has 0 aromatic carbocycles. The fourth-order valence-electron chi connectivity index (χ4n) is 0. The van der Waals surface area contributed by atoms with Gasteiger partial charge in [-0.15, -0.1) is 0 Å². The van der Waals surface area contributed by atoms with Crippen LogP contribution >= 0.6 is 0 Å². The van der Waals surface area contributed by atoms with Gasteiger partial charge in [0.05, 0.1) is 0 Å². The Labute approximate surface area is 82.3 Å². The number of carboxylic acid groups (broad SMARTS) is 2. The Balaban J connectivity index is -0.0000000417. The van der Waals surface area contributed by atoms with Crippen molar-refractivity contribution in [2.75, 3.05) is 0 Å². The molecule has 0 atom stereocenters. The summed E-state index contributed by atoms with van der Waals surface area (Å²) in [5, 5.41) is 14.8. The van der Waals surface area contributed by atoms with E-state index in [1.807, 2.05) is 0 Å². The van der Waals surface area contributed by atoms with Crippen LogP contribution in [0.2, 0.25) is 0 Å². The molecule has 59 valence electrons. The van der Waals surface area contributed by atoms with Gasteiger partial charge in [-0.1, -0.05) is 0 Å². The molecular weight excluding hydrogens is 257 g/mol. The average Bonchev–Trinajstić information content (AvgIpc) is 1.36. The van der Waals surface area contributed by atoms with Crippen molar-refractivity contribution in [3.63, 3.8) is 0 Å². The van der Waals surface area contributed by atoms with Crippen molar-refractivity contribution in [3.05, 3.63) is 0 Å². The van der Waals surface area contributed by atoms with E-state index in [0.29, 0.717) is 0 Å². The molecule has 2 N–H and O–H groups in total. The van der Waals surface area contributed by atoms with Crippen molar-refractivity contribution in [2.45, 2.75) is 0 Å². The SMILES string of the molecule is O=C(O)C(=O)O.[Fe].[Mn].[Ni]. The Kier molecular flexibility index (Phi) is 28.5. The quantitative estimate of drug-likeness (QED) is 0.439. The molecule has 9 heavy (non-hydrogen) atoms. The molecule has 1 radical (unpaired) electrons. The second-order valence-electron chi connectivity index (χ2n) is 0.610. The maximum atomic E-state index is 9.10. The summed E-state index contributed by atoms with van der Waals surface area (Å²) in [5.74, 6) is -3.65. The normalized spacial score (nSPS) is 4.89. The first-order chi connectivity index (χ1) is 2.64. The van der Waals surface area contributed by atoms with Gasteiger partial charge >= 0.3 is 11.9 Å². The van der Waals surface area contributed by atoms with Gasteiger partial charge in [0.1, 0.15) is 0 Å². The molecule has 0 aromatic rings. The maximum Gasteiger partial charge on any atom is 0.414 e. The van der Waals surface area contributed by atoms with Gasteiger partial charge in [0.2, 0.25) is 0 Å². The number of aliphatic carboxylic acids is 2. The van der Waals surface area contributed by atoms with Crippen LogP contribution in [-0.4, -0.2) is 22.2 Å². The van der Waals surface area contributed by atoms with E-state index >= 15 is 0 Å². The second-order valence-corrected chi connectivity index (χ2v) is 0.610. The van der Waals surface area contributed by atoms with Gasteiger partial charge in [-0.25, -0.2) is 9.59 Å². The summed E-state index contributed by atoms with van der Waals surface area (Å²) in [5.41, 5.74) is 0. The van der Waals surface area contributed by atoms with Crippen molar-refractivity contribution in [1.29, 1.82) is 0 Å².